The van der Waals surface area contributed by atoms with Crippen molar-refractivity contribution in [1.82, 2.24) is 24.0 Å². The molecule has 1 aliphatic carbocycles. The quantitative estimate of drug-likeness (QED) is 0.115. The maximum atomic E-state index is 14.1. The molecule has 16 nitrogen and oxygen atoms in total. The summed E-state index contributed by atoms with van der Waals surface area (Å²) in [7, 11) is -1.70. The van der Waals surface area contributed by atoms with Gasteiger partial charge in [-0.2, -0.15) is 0 Å². The van der Waals surface area contributed by atoms with Crippen molar-refractivity contribution in [2.45, 2.75) is 109 Å². The van der Waals surface area contributed by atoms with E-state index in [4.69, 9.17) is 4.98 Å². The highest BCUT2D eigenvalue weighted by Gasteiger charge is 2.38. The van der Waals surface area contributed by atoms with Gasteiger partial charge in [0.1, 0.15) is 11.5 Å². The second kappa shape index (κ2) is 18.6. The second-order valence-corrected chi connectivity index (χ2v) is 22.7. The minimum absolute atomic E-state index is 0.0358. The first-order valence-corrected chi connectivity index (χ1v) is 25.6. The monoisotopic (exact) mass is 956 g/mol. The highest BCUT2D eigenvalue weighted by Crippen LogP contribution is 2.41. The molecule has 2 aromatic carbocycles. The Labute approximate surface area is 404 Å². The molecule has 0 saturated carbocycles. The van der Waals surface area contributed by atoms with Crippen molar-refractivity contribution in [1.29, 1.82) is 0 Å². The van der Waals surface area contributed by atoms with E-state index in [1.165, 1.54) is 21.9 Å². The number of aliphatic hydroxyl groups excluding tert-OH is 1. The summed E-state index contributed by atoms with van der Waals surface area (Å²) in [5, 5.41) is 16.6. The fraction of sp³-hybridized carbons (Fsp3) is 0.442. The van der Waals surface area contributed by atoms with Crippen LogP contribution in [0.3, 0.4) is 0 Å². The predicted octanol–water partition coefficient (Wildman–Crippen LogP) is 6.54. The second-order valence-electron chi connectivity index (χ2n) is 20.2. The predicted molar refractivity (Wildman–Crippen MR) is 271 cm³/mol. The van der Waals surface area contributed by atoms with E-state index in [-0.39, 0.29) is 40.7 Å². The van der Waals surface area contributed by atoms with Gasteiger partial charge in [-0.25, -0.2) is 18.4 Å². The van der Waals surface area contributed by atoms with Crippen LogP contribution in [-0.4, -0.2) is 105 Å². The van der Waals surface area contributed by atoms with Crippen LogP contribution in [0.15, 0.2) is 89.3 Å². The molecule has 2 amide bonds. The lowest BCUT2D eigenvalue weighted by Crippen LogP contribution is -2.58. The average Bonchev–Trinajstić information content (AvgIpc) is 3.82. The number of rotatable bonds is 12. The van der Waals surface area contributed by atoms with E-state index in [1.807, 2.05) is 30.3 Å². The van der Waals surface area contributed by atoms with Gasteiger partial charge in [0.15, 0.2) is 15.7 Å². The van der Waals surface area contributed by atoms with Gasteiger partial charge in [0, 0.05) is 105 Å². The smallest absolute Gasteiger partial charge is 0.293 e. The Hall–Kier alpha value is -6.30. The number of benzene rings is 2. The normalized spacial score (nSPS) is 20.5. The lowest BCUT2D eigenvalue weighted by atomic mass is 9.90. The number of aliphatic hydroxyl groups is 1. The molecule has 3 N–H and O–H groups in total. The zero-order valence-corrected chi connectivity index (χ0v) is 41.5. The molecule has 3 aliphatic heterocycles. The Balaban J connectivity index is 0.910. The summed E-state index contributed by atoms with van der Waals surface area (Å²) in [6.45, 7) is 19.9. The van der Waals surface area contributed by atoms with Crippen molar-refractivity contribution < 1.29 is 23.1 Å². The molecule has 6 heterocycles. The van der Waals surface area contributed by atoms with E-state index in [9.17, 15) is 27.9 Å². The van der Waals surface area contributed by atoms with Crippen LogP contribution in [0.4, 0.5) is 34.4 Å². The number of fused-ring (bicyclic) bond motifs is 3. The molecule has 0 spiro atoms. The molecule has 5 aromatic rings. The number of hydrogen-bond donors (Lipinski definition) is 3. The van der Waals surface area contributed by atoms with Gasteiger partial charge < -0.3 is 34.7 Å². The van der Waals surface area contributed by atoms with Crippen molar-refractivity contribution in [3.63, 3.8) is 0 Å². The number of amides is 2. The third-order valence-electron chi connectivity index (χ3n) is 14.6. The molecule has 0 radical (unpaired) electrons. The first kappa shape index (κ1) is 47.8. The Kier molecular flexibility index (Phi) is 12.8. The number of carbonyl (C=O) groups is 2. The zero-order valence-electron chi connectivity index (χ0n) is 40.7. The van der Waals surface area contributed by atoms with Crippen LogP contribution in [0.2, 0.25) is 0 Å². The first-order chi connectivity index (χ1) is 32.9. The van der Waals surface area contributed by atoms with E-state index in [2.05, 4.69) is 69.2 Å². The number of piperazine rings is 1. The van der Waals surface area contributed by atoms with Crippen LogP contribution in [-0.2, 0) is 47.7 Å². The van der Waals surface area contributed by atoms with E-state index in [0.717, 1.165) is 63.2 Å². The van der Waals surface area contributed by atoms with Gasteiger partial charge >= 0.3 is 0 Å². The number of sulfone groups is 1. The fourth-order valence-electron chi connectivity index (χ4n) is 11.0. The molecule has 9 rings (SSSR count). The molecule has 1 unspecified atom stereocenters. The summed E-state index contributed by atoms with van der Waals surface area (Å²) in [6.07, 6.45) is 8.23. The maximum Gasteiger partial charge on any atom is 0.293 e. The van der Waals surface area contributed by atoms with Gasteiger partial charge in [0.2, 0.25) is 5.91 Å². The van der Waals surface area contributed by atoms with Gasteiger partial charge in [0.05, 0.1) is 33.8 Å². The molecule has 2 saturated heterocycles. The van der Waals surface area contributed by atoms with Crippen molar-refractivity contribution in [3.8, 4) is 11.3 Å². The van der Waals surface area contributed by atoms with Crippen LogP contribution in [0.5, 0.6) is 0 Å². The van der Waals surface area contributed by atoms with Crippen molar-refractivity contribution >= 4 is 56.0 Å². The van der Waals surface area contributed by atoms with Crippen LogP contribution in [0, 0.1) is 5.41 Å². The average molecular weight is 957 g/mol. The number of hydrogen-bond acceptors (Lipinski definition) is 12. The van der Waals surface area contributed by atoms with E-state index in [0.29, 0.717) is 63.7 Å². The summed E-state index contributed by atoms with van der Waals surface area (Å²) in [4.78, 5) is 59.3. The van der Waals surface area contributed by atoms with Crippen LogP contribution in [0.1, 0.15) is 81.7 Å². The van der Waals surface area contributed by atoms with Crippen LogP contribution in [0.25, 0.3) is 11.3 Å². The molecule has 17 heteroatoms. The summed E-state index contributed by atoms with van der Waals surface area (Å²) in [5.74, 6) is -0.148. The third-order valence-corrected chi connectivity index (χ3v) is 16.7. The molecule has 3 atom stereocenters. The third kappa shape index (κ3) is 9.07. The van der Waals surface area contributed by atoms with Crippen molar-refractivity contribution in [2.24, 2.45) is 12.5 Å². The van der Waals surface area contributed by atoms with Crippen molar-refractivity contribution in [2.75, 3.05) is 58.1 Å². The lowest BCUT2D eigenvalue weighted by molar-refractivity contribution is -0.111. The highest BCUT2D eigenvalue weighted by atomic mass is 32.2. The number of nitrogens with one attached hydrogen (secondary N) is 2. The maximum absolute atomic E-state index is 14.1. The Morgan fingerprint density at radius 3 is 2.43 bits per heavy atom. The number of pyridine rings is 1. The Bertz CT molecular complexity index is 3000. The standard InChI is InChI=1S/C52H64N10O6S/c1-9-47(64)55-42-26-36(10-15-44(42)60-21-20-58(29-34(60)5)38-17-19-59(33(4)24-38)37-11-13-39(14-12-37)69(67,68)32(2)3)54-48-51(66)57(8)30-43(56-48)40-16-18-53-49(41(40)31-63)62-23-22-61-45(50(62)65)25-35-27-52(6,7)28-46(35)61/h9-16,18,25-26,30,32-34,38,63H,1,17,19-24,27-29,31H2,2-8H3,(H,54,56)(H,55,64)/t33-,34+,38?/m1/s1. The van der Waals surface area contributed by atoms with E-state index < -0.39 is 21.7 Å². The SMILES string of the molecule is C=CC(=O)Nc1cc(Nc2nc(-c3ccnc(N4CCn5c(cc6c5CC(C)(C)C6)C4=O)c3CO)cn(C)c2=O)ccc1N1CCN(C2CCN(c3ccc(S(=O)(=O)C(C)C)cc3)[C@H](C)C2)C[C@@H]1C. The zero-order chi connectivity index (χ0) is 49.1. The minimum Gasteiger partial charge on any atom is -0.392 e. The molecule has 3 aromatic heterocycles. The molecular formula is C52H64N10O6S. The minimum atomic E-state index is -3.33. The number of aromatic nitrogens is 4. The molecule has 69 heavy (non-hydrogen) atoms. The highest BCUT2D eigenvalue weighted by molar-refractivity contribution is 7.92. The topological polar surface area (TPSA) is 178 Å². The lowest BCUT2D eigenvalue weighted by Gasteiger charge is -2.48. The molecule has 0 bridgehead atoms. The number of aryl methyl sites for hydroxylation is 1. The summed E-state index contributed by atoms with van der Waals surface area (Å²) >= 11 is 0. The number of anilines is 6. The summed E-state index contributed by atoms with van der Waals surface area (Å²) in [5.41, 5.74) is 7.16. The Morgan fingerprint density at radius 2 is 1.74 bits per heavy atom. The largest absolute Gasteiger partial charge is 0.392 e. The van der Waals surface area contributed by atoms with Crippen LogP contribution >= 0.6 is 0 Å². The van der Waals surface area contributed by atoms with Gasteiger partial charge in [-0.3, -0.25) is 24.2 Å². The van der Waals surface area contributed by atoms with E-state index >= 15 is 0 Å². The number of piperidine rings is 1. The number of carbonyl (C=O) groups excluding carboxylic acids is 2. The summed E-state index contributed by atoms with van der Waals surface area (Å²) < 4.78 is 29.0. The van der Waals surface area contributed by atoms with Crippen molar-refractivity contribution in [3.05, 3.63) is 113 Å². The Morgan fingerprint density at radius 1 is 0.971 bits per heavy atom. The molecule has 2 fully saturated rings. The van der Waals surface area contributed by atoms with E-state index in [1.54, 1.807) is 62.5 Å². The van der Waals surface area contributed by atoms with Gasteiger partial charge in [0.25, 0.3) is 11.5 Å². The summed E-state index contributed by atoms with van der Waals surface area (Å²) in [6, 6.07) is 17.4. The van der Waals surface area contributed by atoms with Gasteiger partial charge in [-0.1, -0.05) is 20.4 Å². The van der Waals surface area contributed by atoms with Crippen LogP contribution < -0.4 is 30.9 Å². The molecule has 4 aliphatic rings. The van der Waals surface area contributed by atoms with Gasteiger partial charge in [-0.05, 0) is 125 Å². The molecular weight excluding hydrogens is 893 g/mol. The van der Waals surface area contributed by atoms with Gasteiger partial charge in [-0.15, -0.1) is 0 Å². The number of nitrogens with zero attached hydrogens (tertiary/aromatic N) is 8. The fourth-order valence-corrected chi connectivity index (χ4v) is 12.0. The molecule has 364 valence electrons. The first-order valence-electron chi connectivity index (χ1n) is 24.0.